The van der Waals surface area contributed by atoms with Gasteiger partial charge in [0.25, 0.3) is 0 Å². The first kappa shape index (κ1) is 16.4. The second-order valence-corrected chi connectivity index (χ2v) is 7.30. The van der Waals surface area contributed by atoms with Gasteiger partial charge >= 0.3 is 0 Å². The summed E-state index contributed by atoms with van der Waals surface area (Å²) in [5, 5.41) is 3.92. The van der Waals surface area contributed by atoms with Crippen LogP contribution in [-0.4, -0.2) is 13.6 Å². The van der Waals surface area contributed by atoms with Crippen LogP contribution >= 0.6 is 0 Å². The molecule has 24 heavy (non-hydrogen) atoms. The van der Waals surface area contributed by atoms with E-state index in [0.29, 0.717) is 5.76 Å². The Bertz CT molecular complexity index is 911. The van der Waals surface area contributed by atoms with Crippen molar-refractivity contribution in [3.8, 4) is 11.1 Å². The second-order valence-electron chi connectivity index (χ2n) is 5.53. The van der Waals surface area contributed by atoms with Crippen molar-refractivity contribution in [2.75, 3.05) is 0 Å². The highest BCUT2D eigenvalue weighted by molar-refractivity contribution is 7.89. The van der Waals surface area contributed by atoms with Gasteiger partial charge in [-0.15, -0.1) is 0 Å². The highest BCUT2D eigenvalue weighted by Crippen LogP contribution is 2.27. The van der Waals surface area contributed by atoms with Gasteiger partial charge in [0.15, 0.2) is 0 Å². The summed E-state index contributed by atoms with van der Waals surface area (Å²) in [5.41, 5.74) is 3.48. The number of hydrogen-bond donors (Lipinski definition) is 1. The zero-order chi connectivity index (χ0) is 17.2. The van der Waals surface area contributed by atoms with Gasteiger partial charge in [-0.1, -0.05) is 47.6 Å². The molecule has 124 valence electrons. The highest BCUT2D eigenvalue weighted by atomic mass is 32.2. The van der Waals surface area contributed by atoms with Gasteiger partial charge in [-0.05, 0) is 37.1 Å². The zero-order valence-corrected chi connectivity index (χ0v) is 14.3. The number of sulfonamides is 1. The first-order valence-electron chi connectivity index (χ1n) is 7.54. The normalized spacial score (nSPS) is 11.6. The Balaban J connectivity index is 1.79. The number of aryl methyl sites for hydroxylation is 2. The van der Waals surface area contributed by atoms with E-state index >= 15 is 0 Å². The SMILES string of the molecule is Cc1noc(C)c1-c1ccc(S(=O)(=O)NCc2ccccc2)cc1. The lowest BCUT2D eigenvalue weighted by Gasteiger charge is -2.08. The molecule has 0 saturated heterocycles. The van der Waals surface area contributed by atoms with Crippen LogP contribution < -0.4 is 4.72 Å². The molecule has 1 aromatic heterocycles. The van der Waals surface area contributed by atoms with Gasteiger partial charge in [-0.2, -0.15) is 0 Å². The molecule has 3 aromatic rings. The molecule has 0 spiro atoms. The molecule has 1 heterocycles. The minimum atomic E-state index is -3.55. The Morgan fingerprint density at radius 2 is 1.67 bits per heavy atom. The van der Waals surface area contributed by atoms with E-state index in [2.05, 4.69) is 9.88 Å². The number of hydrogen-bond acceptors (Lipinski definition) is 4. The summed E-state index contributed by atoms with van der Waals surface area (Å²) >= 11 is 0. The largest absolute Gasteiger partial charge is 0.361 e. The molecular formula is C18H18N2O3S. The fourth-order valence-electron chi connectivity index (χ4n) is 2.55. The van der Waals surface area contributed by atoms with Crippen LogP contribution in [-0.2, 0) is 16.6 Å². The van der Waals surface area contributed by atoms with Gasteiger partial charge < -0.3 is 4.52 Å². The van der Waals surface area contributed by atoms with Crippen molar-refractivity contribution in [2.24, 2.45) is 0 Å². The molecular weight excluding hydrogens is 324 g/mol. The first-order chi connectivity index (χ1) is 11.5. The molecule has 0 atom stereocenters. The topological polar surface area (TPSA) is 72.2 Å². The lowest BCUT2D eigenvalue weighted by molar-refractivity contribution is 0.393. The van der Waals surface area contributed by atoms with Gasteiger partial charge in [0, 0.05) is 12.1 Å². The molecule has 6 heteroatoms. The van der Waals surface area contributed by atoms with Crippen molar-refractivity contribution >= 4 is 10.0 Å². The molecule has 0 aliphatic heterocycles. The fraction of sp³-hybridized carbons (Fsp3) is 0.167. The molecule has 5 nitrogen and oxygen atoms in total. The predicted molar refractivity (Wildman–Crippen MR) is 91.9 cm³/mol. The Morgan fingerprint density at radius 1 is 1.00 bits per heavy atom. The molecule has 0 fully saturated rings. The zero-order valence-electron chi connectivity index (χ0n) is 13.5. The number of rotatable bonds is 5. The Labute approximate surface area is 141 Å². The summed E-state index contributed by atoms with van der Waals surface area (Å²) < 4.78 is 32.6. The monoisotopic (exact) mass is 342 g/mol. The average Bonchev–Trinajstić information content (AvgIpc) is 2.93. The van der Waals surface area contributed by atoms with Crippen LogP contribution in [0.4, 0.5) is 0 Å². The fourth-order valence-corrected chi connectivity index (χ4v) is 3.57. The predicted octanol–water partition coefficient (Wildman–Crippen LogP) is 3.44. The van der Waals surface area contributed by atoms with Crippen molar-refractivity contribution in [1.82, 2.24) is 9.88 Å². The molecule has 0 aliphatic rings. The summed E-state index contributed by atoms with van der Waals surface area (Å²) in [6.45, 7) is 3.95. The van der Waals surface area contributed by atoms with E-state index in [9.17, 15) is 8.42 Å². The quantitative estimate of drug-likeness (QED) is 0.771. The molecule has 0 amide bonds. The summed E-state index contributed by atoms with van der Waals surface area (Å²) in [6, 6.07) is 16.1. The second kappa shape index (κ2) is 6.59. The van der Waals surface area contributed by atoms with E-state index < -0.39 is 10.0 Å². The summed E-state index contributed by atoms with van der Waals surface area (Å²) in [7, 11) is -3.55. The highest BCUT2D eigenvalue weighted by Gasteiger charge is 2.16. The third kappa shape index (κ3) is 3.39. The Hall–Kier alpha value is -2.44. The number of nitrogens with one attached hydrogen (secondary N) is 1. The van der Waals surface area contributed by atoms with E-state index in [1.165, 1.54) is 0 Å². The third-order valence-electron chi connectivity index (χ3n) is 3.80. The van der Waals surface area contributed by atoms with Crippen molar-refractivity contribution in [1.29, 1.82) is 0 Å². The number of benzene rings is 2. The van der Waals surface area contributed by atoms with Gasteiger partial charge in [-0.3, -0.25) is 0 Å². The van der Waals surface area contributed by atoms with E-state index in [1.807, 2.05) is 44.2 Å². The average molecular weight is 342 g/mol. The molecule has 0 unspecified atom stereocenters. The van der Waals surface area contributed by atoms with E-state index in [4.69, 9.17) is 4.52 Å². The van der Waals surface area contributed by atoms with Gasteiger partial charge in [0.05, 0.1) is 10.6 Å². The number of aromatic nitrogens is 1. The molecule has 0 bridgehead atoms. The Morgan fingerprint density at radius 3 is 2.25 bits per heavy atom. The summed E-state index contributed by atoms with van der Waals surface area (Å²) in [4.78, 5) is 0.231. The molecule has 1 N–H and O–H groups in total. The maximum absolute atomic E-state index is 12.4. The molecule has 0 radical (unpaired) electrons. The minimum Gasteiger partial charge on any atom is -0.361 e. The van der Waals surface area contributed by atoms with Crippen LogP contribution in [0.25, 0.3) is 11.1 Å². The van der Waals surface area contributed by atoms with Gasteiger partial charge in [0.2, 0.25) is 10.0 Å². The Kier molecular flexibility index (Phi) is 4.51. The minimum absolute atomic E-state index is 0.231. The third-order valence-corrected chi connectivity index (χ3v) is 5.21. The first-order valence-corrected chi connectivity index (χ1v) is 9.02. The van der Waals surface area contributed by atoms with Gasteiger partial charge in [0.1, 0.15) is 5.76 Å². The molecule has 0 aliphatic carbocycles. The maximum Gasteiger partial charge on any atom is 0.240 e. The van der Waals surface area contributed by atoms with Crippen molar-refractivity contribution in [3.05, 3.63) is 71.6 Å². The van der Waals surface area contributed by atoms with Crippen LogP contribution in [0.2, 0.25) is 0 Å². The van der Waals surface area contributed by atoms with Crippen LogP contribution in [0, 0.1) is 13.8 Å². The van der Waals surface area contributed by atoms with E-state index in [-0.39, 0.29) is 11.4 Å². The lowest BCUT2D eigenvalue weighted by Crippen LogP contribution is -2.23. The summed E-state index contributed by atoms with van der Waals surface area (Å²) in [6.07, 6.45) is 0. The van der Waals surface area contributed by atoms with Crippen LogP contribution in [0.1, 0.15) is 17.0 Å². The smallest absolute Gasteiger partial charge is 0.240 e. The number of nitrogens with zero attached hydrogens (tertiary/aromatic N) is 1. The molecule has 2 aromatic carbocycles. The van der Waals surface area contributed by atoms with Crippen LogP contribution in [0.3, 0.4) is 0 Å². The summed E-state index contributed by atoms with van der Waals surface area (Å²) in [5.74, 6) is 0.713. The van der Waals surface area contributed by atoms with Gasteiger partial charge in [-0.25, -0.2) is 13.1 Å². The van der Waals surface area contributed by atoms with Crippen LogP contribution in [0.5, 0.6) is 0 Å². The maximum atomic E-state index is 12.4. The molecule has 0 saturated carbocycles. The van der Waals surface area contributed by atoms with Crippen molar-refractivity contribution in [2.45, 2.75) is 25.3 Å². The van der Waals surface area contributed by atoms with E-state index in [1.54, 1.807) is 24.3 Å². The molecule has 3 rings (SSSR count). The van der Waals surface area contributed by atoms with Crippen molar-refractivity contribution in [3.63, 3.8) is 0 Å². The lowest BCUT2D eigenvalue weighted by atomic mass is 10.0. The van der Waals surface area contributed by atoms with Crippen LogP contribution in [0.15, 0.2) is 64.0 Å². The van der Waals surface area contributed by atoms with E-state index in [0.717, 1.165) is 22.4 Å². The standard InChI is InChI=1S/C18H18N2O3S/c1-13-18(14(2)23-20-13)16-8-10-17(11-9-16)24(21,22)19-12-15-6-4-3-5-7-15/h3-11,19H,12H2,1-2H3. The van der Waals surface area contributed by atoms with Crippen molar-refractivity contribution < 1.29 is 12.9 Å².